The Morgan fingerprint density at radius 1 is 1.31 bits per heavy atom. The summed E-state index contributed by atoms with van der Waals surface area (Å²) in [5.41, 5.74) is 9.13. The summed E-state index contributed by atoms with van der Waals surface area (Å²) in [6.07, 6.45) is 3.38. The van der Waals surface area contributed by atoms with Gasteiger partial charge in [0.1, 0.15) is 8.07 Å². The van der Waals surface area contributed by atoms with Crippen LogP contribution in [0.2, 0.25) is 19.6 Å². The maximum Gasteiger partial charge on any atom is 0.129 e. The molecule has 76 valence electrons. The highest BCUT2D eigenvalue weighted by atomic mass is 28.3. The molecule has 0 radical (unpaired) electrons. The molecule has 0 fully saturated rings. The van der Waals surface area contributed by atoms with Crippen molar-refractivity contribution in [2.45, 2.75) is 58.3 Å². The molecule has 0 heterocycles. The van der Waals surface area contributed by atoms with Crippen LogP contribution in [0.3, 0.4) is 0 Å². The van der Waals surface area contributed by atoms with Crippen molar-refractivity contribution >= 4 is 8.07 Å². The van der Waals surface area contributed by atoms with Crippen LogP contribution < -0.4 is 5.73 Å². The minimum absolute atomic E-state index is 0.268. The lowest BCUT2D eigenvalue weighted by Crippen LogP contribution is -2.35. The summed E-state index contributed by atoms with van der Waals surface area (Å²) >= 11 is 0. The van der Waals surface area contributed by atoms with Crippen molar-refractivity contribution in [3.05, 3.63) is 0 Å². The van der Waals surface area contributed by atoms with Gasteiger partial charge < -0.3 is 5.73 Å². The third kappa shape index (κ3) is 8.08. The van der Waals surface area contributed by atoms with Gasteiger partial charge in [-0.05, 0) is 13.3 Å². The van der Waals surface area contributed by atoms with E-state index in [0.717, 1.165) is 6.42 Å². The third-order valence-electron chi connectivity index (χ3n) is 1.77. The minimum Gasteiger partial charge on any atom is -0.315 e. The van der Waals surface area contributed by atoms with E-state index in [4.69, 9.17) is 5.73 Å². The molecule has 0 rings (SSSR count). The Balaban J connectivity index is 4.20. The van der Waals surface area contributed by atoms with Gasteiger partial charge >= 0.3 is 0 Å². The van der Waals surface area contributed by atoms with Gasteiger partial charge in [0.25, 0.3) is 0 Å². The molecule has 0 aromatic heterocycles. The molecule has 13 heavy (non-hydrogen) atoms. The fourth-order valence-electron chi connectivity index (χ4n) is 0.937. The lowest BCUT2D eigenvalue weighted by atomic mass is 9.98. The van der Waals surface area contributed by atoms with Gasteiger partial charge in [0, 0.05) is 0 Å². The molecule has 0 unspecified atom stereocenters. The zero-order chi connectivity index (χ0) is 10.5. The smallest absolute Gasteiger partial charge is 0.129 e. The summed E-state index contributed by atoms with van der Waals surface area (Å²) in [6, 6.07) is 0. The first-order valence-corrected chi connectivity index (χ1v) is 8.60. The van der Waals surface area contributed by atoms with E-state index in [1.165, 1.54) is 12.8 Å². The van der Waals surface area contributed by atoms with E-state index in [1.54, 1.807) is 0 Å². The fraction of sp³-hybridized carbons (Fsp3) is 0.818. The van der Waals surface area contributed by atoms with Gasteiger partial charge in [0.2, 0.25) is 0 Å². The van der Waals surface area contributed by atoms with E-state index in [-0.39, 0.29) is 5.54 Å². The number of unbranched alkanes of at least 4 members (excludes halogenated alkanes) is 1. The van der Waals surface area contributed by atoms with Crippen molar-refractivity contribution in [1.82, 2.24) is 0 Å². The van der Waals surface area contributed by atoms with Crippen LogP contribution in [0.1, 0.15) is 33.1 Å². The second-order valence-corrected chi connectivity index (χ2v) is 9.77. The van der Waals surface area contributed by atoms with E-state index in [9.17, 15) is 0 Å². The Bertz CT molecular complexity index is 202. The average Bonchev–Trinajstić information content (AvgIpc) is 1.97. The molecule has 0 amide bonds. The first kappa shape index (κ1) is 12.7. The van der Waals surface area contributed by atoms with Crippen LogP contribution in [0.4, 0.5) is 0 Å². The Labute approximate surface area is 84.1 Å². The monoisotopic (exact) mass is 197 g/mol. The number of hydrogen-bond donors (Lipinski definition) is 1. The topological polar surface area (TPSA) is 26.0 Å². The van der Waals surface area contributed by atoms with Crippen molar-refractivity contribution in [1.29, 1.82) is 0 Å². The minimum atomic E-state index is -1.25. The predicted molar refractivity (Wildman–Crippen MR) is 63.2 cm³/mol. The van der Waals surface area contributed by atoms with E-state index >= 15 is 0 Å². The van der Waals surface area contributed by atoms with Crippen LogP contribution >= 0.6 is 0 Å². The molecule has 0 aromatic carbocycles. The highest BCUT2D eigenvalue weighted by Crippen LogP contribution is 2.09. The number of nitrogens with two attached hydrogens (primary N) is 1. The average molecular weight is 197 g/mol. The molecule has 0 saturated carbocycles. The van der Waals surface area contributed by atoms with Gasteiger partial charge in [-0.1, -0.05) is 45.3 Å². The van der Waals surface area contributed by atoms with E-state index in [0.29, 0.717) is 0 Å². The quantitative estimate of drug-likeness (QED) is 0.546. The van der Waals surface area contributed by atoms with Crippen molar-refractivity contribution < 1.29 is 0 Å². The van der Waals surface area contributed by atoms with Crippen LogP contribution in [0.5, 0.6) is 0 Å². The van der Waals surface area contributed by atoms with Gasteiger partial charge in [-0.25, -0.2) is 0 Å². The van der Waals surface area contributed by atoms with Gasteiger partial charge in [-0.2, -0.15) is 0 Å². The Morgan fingerprint density at radius 2 is 1.85 bits per heavy atom. The highest BCUT2D eigenvalue weighted by molar-refractivity contribution is 6.83. The van der Waals surface area contributed by atoms with Gasteiger partial charge in [0.15, 0.2) is 0 Å². The summed E-state index contributed by atoms with van der Waals surface area (Å²) < 4.78 is 0. The highest BCUT2D eigenvalue weighted by Gasteiger charge is 2.15. The summed E-state index contributed by atoms with van der Waals surface area (Å²) in [7, 11) is -1.25. The molecule has 0 aromatic rings. The largest absolute Gasteiger partial charge is 0.315 e. The zero-order valence-corrected chi connectivity index (χ0v) is 10.7. The Kier molecular flexibility index (Phi) is 4.73. The lowest BCUT2D eigenvalue weighted by Gasteiger charge is -2.18. The third-order valence-corrected chi connectivity index (χ3v) is 2.65. The molecule has 0 bridgehead atoms. The number of rotatable bonds is 3. The SMILES string of the molecule is CCCC[C@@](C)(N)C#C[Si](C)(C)C. The van der Waals surface area contributed by atoms with E-state index < -0.39 is 8.07 Å². The van der Waals surface area contributed by atoms with Gasteiger partial charge in [0.05, 0.1) is 5.54 Å². The first-order valence-electron chi connectivity index (χ1n) is 5.10. The number of hydrogen-bond acceptors (Lipinski definition) is 1. The van der Waals surface area contributed by atoms with Crippen LogP contribution in [0, 0.1) is 11.5 Å². The predicted octanol–water partition coefficient (Wildman–Crippen LogP) is 2.77. The van der Waals surface area contributed by atoms with E-state index in [2.05, 4.69) is 38.0 Å². The molecule has 0 spiro atoms. The molecule has 0 saturated heterocycles. The molecule has 2 heteroatoms. The standard InChI is InChI=1S/C11H23NSi/c1-6-7-8-11(2,12)9-10-13(3,4)5/h6-8,12H2,1-5H3/t11-/m1/s1. The molecule has 0 aliphatic heterocycles. The second-order valence-electron chi connectivity index (χ2n) is 5.02. The normalized spacial score (nSPS) is 15.8. The van der Waals surface area contributed by atoms with Gasteiger partial charge in [-0.3, -0.25) is 0 Å². The van der Waals surface area contributed by atoms with Crippen molar-refractivity contribution in [2.75, 3.05) is 0 Å². The van der Waals surface area contributed by atoms with Gasteiger partial charge in [-0.15, -0.1) is 5.54 Å². The molecular weight excluding hydrogens is 174 g/mol. The summed E-state index contributed by atoms with van der Waals surface area (Å²) in [5, 5.41) is 0. The first-order chi connectivity index (χ1) is 5.77. The molecule has 2 N–H and O–H groups in total. The molecule has 1 nitrogen and oxygen atoms in total. The Hall–Kier alpha value is -0.263. The molecular formula is C11H23NSi. The van der Waals surface area contributed by atoms with Crippen molar-refractivity contribution in [3.63, 3.8) is 0 Å². The molecule has 0 aliphatic rings. The fourth-order valence-corrected chi connectivity index (χ4v) is 1.60. The summed E-state index contributed by atoms with van der Waals surface area (Å²) in [5.74, 6) is 3.22. The maximum atomic E-state index is 6.06. The molecule has 1 atom stereocenters. The lowest BCUT2D eigenvalue weighted by molar-refractivity contribution is 0.523. The zero-order valence-electron chi connectivity index (χ0n) is 9.70. The summed E-state index contributed by atoms with van der Waals surface area (Å²) in [6.45, 7) is 11.0. The summed E-state index contributed by atoms with van der Waals surface area (Å²) in [4.78, 5) is 0. The molecule has 0 aliphatic carbocycles. The Morgan fingerprint density at radius 3 is 2.23 bits per heavy atom. The van der Waals surface area contributed by atoms with Crippen LogP contribution in [0.25, 0.3) is 0 Å². The van der Waals surface area contributed by atoms with Crippen molar-refractivity contribution in [3.8, 4) is 11.5 Å². The van der Waals surface area contributed by atoms with Crippen LogP contribution in [0.15, 0.2) is 0 Å². The maximum absolute atomic E-state index is 6.06. The second kappa shape index (κ2) is 4.83. The van der Waals surface area contributed by atoms with Crippen molar-refractivity contribution in [2.24, 2.45) is 5.73 Å². The van der Waals surface area contributed by atoms with E-state index in [1.807, 2.05) is 6.92 Å². The van der Waals surface area contributed by atoms with Crippen LogP contribution in [-0.4, -0.2) is 13.6 Å². The van der Waals surface area contributed by atoms with Crippen LogP contribution in [-0.2, 0) is 0 Å².